The van der Waals surface area contributed by atoms with Gasteiger partial charge in [0, 0.05) is 25.3 Å². The summed E-state index contributed by atoms with van der Waals surface area (Å²) >= 11 is 0. The zero-order valence-electron chi connectivity index (χ0n) is 11.5. The van der Waals surface area contributed by atoms with Crippen molar-refractivity contribution in [3.05, 3.63) is 18.2 Å². The summed E-state index contributed by atoms with van der Waals surface area (Å²) in [6.07, 6.45) is 2.85. The van der Waals surface area contributed by atoms with E-state index in [1.807, 2.05) is 6.07 Å². The van der Waals surface area contributed by atoms with Gasteiger partial charge in [-0.05, 0) is 30.9 Å². The highest BCUT2D eigenvalue weighted by Crippen LogP contribution is 2.42. The third kappa shape index (κ3) is 2.16. The van der Waals surface area contributed by atoms with Crippen LogP contribution in [0.2, 0.25) is 0 Å². The molecular formula is C14H20N2O3S. The second-order valence-corrected chi connectivity index (χ2v) is 7.92. The largest absolute Gasteiger partial charge is 0.396 e. The van der Waals surface area contributed by atoms with E-state index in [9.17, 15) is 13.5 Å². The molecule has 0 spiro atoms. The summed E-state index contributed by atoms with van der Waals surface area (Å²) in [6.45, 7) is 1.60. The third-order valence-corrected chi connectivity index (χ3v) is 5.76. The first kappa shape index (κ1) is 13.7. The molecule has 3 rings (SSSR count). The molecule has 1 aromatic carbocycles. The Morgan fingerprint density at radius 2 is 2.05 bits per heavy atom. The molecule has 1 saturated heterocycles. The summed E-state index contributed by atoms with van der Waals surface area (Å²) < 4.78 is 23.5. The summed E-state index contributed by atoms with van der Waals surface area (Å²) in [7, 11) is -3.32. The predicted octanol–water partition coefficient (Wildman–Crippen LogP) is 0.879. The summed E-state index contributed by atoms with van der Waals surface area (Å²) in [5.41, 5.74) is 7.15. The van der Waals surface area contributed by atoms with Crippen molar-refractivity contribution in [2.75, 3.05) is 30.0 Å². The number of anilines is 2. The fourth-order valence-electron chi connectivity index (χ4n) is 3.56. The molecule has 1 aliphatic heterocycles. The zero-order chi connectivity index (χ0) is 14.5. The number of nitrogen functional groups attached to an aromatic ring is 1. The van der Waals surface area contributed by atoms with Crippen molar-refractivity contribution in [1.29, 1.82) is 0 Å². The van der Waals surface area contributed by atoms with Crippen molar-refractivity contribution < 1.29 is 13.5 Å². The third-order valence-electron chi connectivity index (χ3n) is 4.60. The van der Waals surface area contributed by atoms with E-state index in [-0.39, 0.29) is 16.9 Å². The Kier molecular flexibility index (Phi) is 3.17. The average Bonchev–Trinajstić information content (AvgIpc) is 2.91. The van der Waals surface area contributed by atoms with Crippen LogP contribution in [0.1, 0.15) is 12.8 Å². The highest BCUT2D eigenvalue weighted by Gasteiger charge is 2.42. The topological polar surface area (TPSA) is 83.6 Å². The smallest absolute Gasteiger partial charge is 0.177 e. The van der Waals surface area contributed by atoms with Crippen LogP contribution in [-0.2, 0) is 9.84 Å². The highest BCUT2D eigenvalue weighted by atomic mass is 32.2. The molecule has 20 heavy (non-hydrogen) atoms. The number of nitrogens with zero attached hydrogens (tertiary/aromatic N) is 1. The molecule has 0 amide bonds. The number of hydrogen-bond acceptors (Lipinski definition) is 5. The van der Waals surface area contributed by atoms with Crippen LogP contribution in [0.5, 0.6) is 0 Å². The van der Waals surface area contributed by atoms with Gasteiger partial charge in [0.1, 0.15) is 0 Å². The highest BCUT2D eigenvalue weighted by molar-refractivity contribution is 7.90. The molecule has 5 nitrogen and oxygen atoms in total. The van der Waals surface area contributed by atoms with Crippen LogP contribution in [0, 0.1) is 11.8 Å². The Hall–Kier alpha value is -1.27. The zero-order valence-corrected chi connectivity index (χ0v) is 12.3. The molecule has 0 bridgehead atoms. The number of nitrogens with two attached hydrogens (primary N) is 1. The van der Waals surface area contributed by atoms with Crippen LogP contribution in [0.4, 0.5) is 11.4 Å². The molecule has 110 valence electrons. The Bertz CT molecular complexity index is 629. The first-order valence-electron chi connectivity index (χ1n) is 6.89. The van der Waals surface area contributed by atoms with Crippen molar-refractivity contribution in [3.63, 3.8) is 0 Å². The maximum Gasteiger partial charge on any atom is 0.177 e. The van der Waals surface area contributed by atoms with Gasteiger partial charge in [-0.1, -0.05) is 6.07 Å². The standard InChI is InChI=1S/C14H20N2O3S/c1-20(18,19)13-4-2-3-11(14(13)15)16-7-9-5-6-12(17)10(9)8-16/h2-4,9-10,12,17H,5-8,15H2,1H3. The van der Waals surface area contributed by atoms with Crippen LogP contribution in [0.25, 0.3) is 0 Å². The Balaban J connectivity index is 1.93. The van der Waals surface area contributed by atoms with Crippen molar-refractivity contribution in [3.8, 4) is 0 Å². The van der Waals surface area contributed by atoms with E-state index >= 15 is 0 Å². The van der Waals surface area contributed by atoms with E-state index in [2.05, 4.69) is 4.90 Å². The molecule has 1 aromatic rings. The summed E-state index contributed by atoms with van der Waals surface area (Å²) in [5.74, 6) is 0.780. The van der Waals surface area contributed by atoms with Gasteiger partial charge in [-0.25, -0.2) is 8.42 Å². The molecule has 2 aliphatic rings. The fraction of sp³-hybridized carbons (Fsp3) is 0.571. The lowest BCUT2D eigenvalue weighted by Gasteiger charge is -2.23. The van der Waals surface area contributed by atoms with E-state index in [1.54, 1.807) is 12.1 Å². The Morgan fingerprint density at radius 3 is 2.70 bits per heavy atom. The monoisotopic (exact) mass is 296 g/mol. The Labute approximate surface area is 119 Å². The van der Waals surface area contributed by atoms with E-state index in [4.69, 9.17) is 5.73 Å². The number of para-hydroxylation sites is 1. The minimum atomic E-state index is -3.32. The lowest BCUT2D eigenvalue weighted by molar-refractivity contribution is 0.133. The van der Waals surface area contributed by atoms with Crippen molar-refractivity contribution >= 4 is 21.2 Å². The quantitative estimate of drug-likeness (QED) is 0.792. The van der Waals surface area contributed by atoms with Gasteiger partial charge >= 0.3 is 0 Å². The maximum absolute atomic E-state index is 11.7. The summed E-state index contributed by atoms with van der Waals surface area (Å²) in [4.78, 5) is 2.30. The van der Waals surface area contributed by atoms with Gasteiger partial charge in [0.2, 0.25) is 0 Å². The first-order valence-corrected chi connectivity index (χ1v) is 8.78. The van der Waals surface area contributed by atoms with E-state index < -0.39 is 9.84 Å². The molecule has 1 saturated carbocycles. The molecule has 6 heteroatoms. The number of aliphatic hydroxyl groups is 1. The molecule has 0 radical (unpaired) electrons. The van der Waals surface area contributed by atoms with Crippen LogP contribution < -0.4 is 10.6 Å². The lowest BCUT2D eigenvalue weighted by atomic mass is 10.00. The van der Waals surface area contributed by atoms with Crippen molar-refractivity contribution in [1.82, 2.24) is 0 Å². The molecule has 1 aliphatic carbocycles. The van der Waals surface area contributed by atoms with Crippen molar-refractivity contribution in [2.45, 2.75) is 23.8 Å². The number of aliphatic hydroxyl groups excluding tert-OH is 1. The van der Waals surface area contributed by atoms with Gasteiger partial charge in [0.25, 0.3) is 0 Å². The molecule has 0 aromatic heterocycles. The van der Waals surface area contributed by atoms with Gasteiger partial charge in [0.15, 0.2) is 9.84 Å². The fourth-order valence-corrected chi connectivity index (χ4v) is 4.39. The number of hydrogen-bond donors (Lipinski definition) is 2. The second kappa shape index (κ2) is 4.63. The summed E-state index contributed by atoms with van der Waals surface area (Å²) in [5, 5.41) is 9.96. The van der Waals surface area contributed by atoms with Crippen LogP contribution in [-0.4, -0.2) is 39.0 Å². The van der Waals surface area contributed by atoms with Crippen LogP contribution >= 0.6 is 0 Å². The number of benzene rings is 1. The minimum absolute atomic E-state index is 0.188. The van der Waals surface area contributed by atoms with Gasteiger partial charge < -0.3 is 15.7 Å². The molecule has 3 N–H and O–H groups in total. The van der Waals surface area contributed by atoms with Crippen LogP contribution in [0.3, 0.4) is 0 Å². The van der Waals surface area contributed by atoms with Gasteiger partial charge in [-0.15, -0.1) is 0 Å². The average molecular weight is 296 g/mol. The lowest BCUT2D eigenvalue weighted by Crippen LogP contribution is -2.25. The van der Waals surface area contributed by atoms with Gasteiger partial charge in [-0.2, -0.15) is 0 Å². The molecule has 1 heterocycles. The van der Waals surface area contributed by atoms with Crippen LogP contribution in [0.15, 0.2) is 23.1 Å². The maximum atomic E-state index is 11.7. The number of fused-ring (bicyclic) bond motifs is 1. The number of sulfone groups is 1. The predicted molar refractivity (Wildman–Crippen MR) is 78.4 cm³/mol. The van der Waals surface area contributed by atoms with Crippen molar-refractivity contribution in [2.24, 2.45) is 11.8 Å². The molecule has 3 unspecified atom stereocenters. The SMILES string of the molecule is CS(=O)(=O)c1cccc(N2CC3CCC(O)C3C2)c1N. The Morgan fingerprint density at radius 1 is 1.30 bits per heavy atom. The first-order chi connectivity index (χ1) is 9.38. The van der Waals surface area contributed by atoms with E-state index in [0.29, 0.717) is 11.6 Å². The minimum Gasteiger partial charge on any atom is -0.396 e. The summed E-state index contributed by atoms with van der Waals surface area (Å²) in [6, 6.07) is 5.13. The van der Waals surface area contributed by atoms with Gasteiger partial charge in [-0.3, -0.25) is 0 Å². The van der Waals surface area contributed by atoms with E-state index in [0.717, 1.165) is 31.6 Å². The number of rotatable bonds is 2. The normalized spacial score (nSPS) is 29.7. The second-order valence-electron chi connectivity index (χ2n) is 5.93. The van der Waals surface area contributed by atoms with E-state index in [1.165, 1.54) is 6.26 Å². The van der Waals surface area contributed by atoms with Gasteiger partial charge in [0.05, 0.1) is 22.4 Å². The molecular weight excluding hydrogens is 276 g/mol. The molecule has 3 atom stereocenters. The molecule has 2 fully saturated rings.